The van der Waals surface area contributed by atoms with Gasteiger partial charge < -0.3 is 24.8 Å². The summed E-state index contributed by atoms with van der Waals surface area (Å²) in [6, 6.07) is 15.0. The molecule has 0 spiro atoms. The lowest BCUT2D eigenvalue weighted by molar-refractivity contribution is -0.136. The monoisotopic (exact) mass is 487 g/mol. The molecule has 3 aromatic rings. The zero-order valence-corrected chi connectivity index (χ0v) is 20.4. The molecule has 0 radical (unpaired) electrons. The number of aryl methyl sites for hydroxylation is 1. The van der Waals surface area contributed by atoms with E-state index in [-0.39, 0.29) is 24.2 Å². The van der Waals surface area contributed by atoms with Crippen LogP contribution in [0.25, 0.3) is 0 Å². The number of amides is 2. The van der Waals surface area contributed by atoms with E-state index in [2.05, 4.69) is 25.4 Å². The van der Waals surface area contributed by atoms with Crippen molar-refractivity contribution in [3.63, 3.8) is 0 Å². The molecule has 1 atom stereocenters. The lowest BCUT2D eigenvalue weighted by Crippen LogP contribution is -2.51. The molecule has 2 amide bonds. The van der Waals surface area contributed by atoms with Crippen molar-refractivity contribution in [1.82, 2.24) is 20.1 Å². The Labute approximate surface area is 209 Å². The predicted octanol–water partition coefficient (Wildman–Crippen LogP) is 2.63. The summed E-state index contributed by atoms with van der Waals surface area (Å²) >= 11 is 0. The molecule has 0 bridgehead atoms. The molecule has 186 valence electrons. The number of pyridine rings is 1. The van der Waals surface area contributed by atoms with E-state index in [1.165, 1.54) is 0 Å². The number of carbonyl (C=O) groups excluding carboxylic acids is 2. The molecule has 0 aliphatic carbocycles. The Morgan fingerprint density at radius 2 is 1.83 bits per heavy atom. The SMILES string of the molecule is COc1cccc(N2CC(C(=O)N3CCN(c4ccc(Nc5ccc(C)cn5)nn4)CC3)CC2=O)c1. The first kappa shape index (κ1) is 23.5. The maximum Gasteiger partial charge on any atom is 0.228 e. The summed E-state index contributed by atoms with van der Waals surface area (Å²) in [6.07, 6.45) is 2.02. The molecule has 10 nitrogen and oxygen atoms in total. The molecule has 2 fully saturated rings. The summed E-state index contributed by atoms with van der Waals surface area (Å²) < 4.78 is 5.27. The number of nitrogens with one attached hydrogen (secondary N) is 1. The molecule has 1 N–H and O–H groups in total. The molecular weight excluding hydrogens is 458 g/mol. The zero-order valence-electron chi connectivity index (χ0n) is 20.4. The summed E-state index contributed by atoms with van der Waals surface area (Å²) in [5.74, 6) is 2.45. The van der Waals surface area contributed by atoms with E-state index in [9.17, 15) is 9.59 Å². The third kappa shape index (κ3) is 5.07. The Morgan fingerprint density at radius 3 is 2.53 bits per heavy atom. The van der Waals surface area contributed by atoms with E-state index < -0.39 is 0 Å². The number of methoxy groups -OCH3 is 1. The second kappa shape index (κ2) is 10.2. The summed E-state index contributed by atoms with van der Waals surface area (Å²) in [5, 5.41) is 11.8. The lowest BCUT2D eigenvalue weighted by atomic mass is 10.1. The fraction of sp³-hybridized carbons (Fsp3) is 0.346. The zero-order chi connectivity index (χ0) is 25.1. The molecule has 2 saturated heterocycles. The Kier molecular flexibility index (Phi) is 6.66. The van der Waals surface area contributed by atoms with E-state index in [0.717, 1.165) is 17.1 Å². The largest absolute Gasteiger partial charge is 0.497 e. The smallest absolute Gasteiger partial charge is 0.228 e. The molecule has 5 rings (SSSR count). The highest BCUT2D eigenvalue weighted by atomic mass is 16.5. The van der Waals surface area contributed by atoms with Crippen LogP contribution in [0.5, 0.6) is 5.75 Å². The number of ether oxygens (including phenoxy) is 1. The van der Waals surface area contributed by atoms with E-state index in [4.69, 9.17) is 4.74 Å². The minimum absolute atomic E-state index is 0.0321. The van der Waals surface area contributed by atoms with Crippen LogP contribution in [0.2, 0.25) is 0 Å². The maximum absolute atomic E-state index is 13.2. The second-order valence-corrected chi connectivity index (χ2v) is 9.04. The van der Waals surface area contributed by atoms with Gasteiger partial charge in [0.15, 0.2) is 11.6 Å². The standard InChI is InChI=1S/C26H29N7O3/c1-18-6-7-22(27-16-18)28-23-8-9-24(30-29-23)31-10-12-32(13-11-31)26(35)19-14-25(34)33(17-19)20-4-3-5-21(15-20)36-2/h3-9,15-16,19H,10-14,17H2,1-2H3,(H,27,28,29). The van der Waals surface area contributed by atoms with Crippen molar-refractivity contribution in [3.05, 3.63) is 60.3 Å². The van der Waals surface area contributed by atoms with Crippen LogP contribution < -0.4 is 19.9 Å². The minimum atomic E-state index is -0.337. The summed E-state index contributed by atoms with van der Waals surface area (Å²) in [4.78, 5) is 35.8. The number of benzene rings is 1. The molecule has 0 saturated carbocycles. The average Bonchev–Trinajstić information content (AvgIpc) is 3.31. The highest BCUT2D eigenvalue weighted by Gasteiger charge is 2.38. The van der Waals surface area contributed by atoms with Gasteiger partial charge in [0.2, 0.25) is 11.8 Å². The Morgan fingerprint density at radius 1 is 1.03 bits per heavy atom. The van der Waals surface area contributed by atoms with E-state index in [1.807, 2.05) is 60.4 Å². The number of carbonyl (C=O) groups is 2. The highest BCUT2D eigenvalue weighted by molar-refractivity contribution is 6.00. The first-order valence-corrected chi connectivity index (χ1v) is 12.0. The van der Waals surface area contributed by atoms with E-state index in [0.29, 0.717) is 50.1 Å². The van der Waals surface area contributed by atoms with Crippen LogP contribution in [0, 0.1) is 12.8 Å². The van der Waals surface area contributed by atoms with Gasteiger partial charge in [-0.15, -0.1) is 10.2 Å². The molecular formula is C26H29N7O3. The van der Waals surface area contributed by atoms with Crippen molar-refractivity contribution in [2.75, 3.05) is 55.0 Å². The van der Waals surface area contributed by atoms with Gasteiger partial charge in [-0.1, -0.05) is 12.1 Å². The molecule has 1 aromatic carbocycles. The van der Waals surface area contributed by atoms with Gasteiger partial charge in [0.1, 0.15) is 11.6 Å². The van der Waals surface area contributed by atoms with Gasteiger partial charge >= 0.3 is 0 Å². The third-order valence-corrected chi connectivity index (χ3v) is 6.57. The van der Waals surface area contributed by atoms with Gasteiger partial charge in [0.05, 0.1) is 13.0 Å². The molecule has 2 aliphatic heterocycles. The van der Waals surface area contributed by atoms with Crippen LogP contribution in [0.3, 0.4) is 0 Å². The summed E-state index contributed by atoms with van der Waals surface area (Å²) in [6.45, 7) is 4.86. The fourth-order valence-electron chi connectivity index (χ4n) is 4.55. The van der Waals surface area contributed by atoms with Gasteiger partial charge in [0, 0.05) is 57.1 Å². The fourth-order valence-corrected chi connectivity index (χ4v) is 4.55. The van der Waals surface area contributed by atoms with Gasteiger partial charge in [0.25, 0.3) is 0 Å². The van der Waals surface area contributed by atoms with Crippen molar-refractivity contribution in [1.29, 1.82) is 0 Å². The van der Waals surface area contributed by atoms with Gasteiger partial charge in [-0.3, -0.25) is 9.59 Å². The number of aromatic nitrogens is 3. The minimum Gasteiger partial charge on any atom is -0.497 e. The number of rotatable bonds is 6. The lowest BCUT2D eigenvalue weighted by Gasteiger charge is -2.36. The van der Waals surface area contributed by atoms with Gasteiger partial charge in [-0.2, -0.15) is 0 Å². The van der Waals surface area contributed by atoms with E-state index >= 15 is 0 Å². The Hall–Kier alpha value is -4.21. The number of hydrogen-bond acceptors (Lipinski definition) is 8. The molecule has 4 heterocycles. The van der Waals surface area contributed by atoms with Gasteiger partial charge in [-0.25, -0.2) is 4.98 Å². The third-order valence-electron chi connectivity index (χ3n) is 6.57. The second-order valence-electron chi connectivity index (χ2n) is 9.04. The summed E-state index contributed by atoms with van der Waals surface area (Å²) in [7, 11) is 1.59. The predicted molar refractivity (Wildman–Crippen MR) is 137 cm³/mol. The Bertz CT molecular complexity index is 1230. The highest BCUT2D eigenvalue weighted by Crippen LogP contribution is 2.29. The molecule has 2 aromatic heterocycles. The molecule has 36 heavy (non-hydrogen) atoms. The van der Waals surface area contributed by atoms with Crippen LogP contribution in [0.1, 0.15) is 12.0 Å². The van der Waals surface area contributed by atoms with Crippen molar-refractivity contribution in [3.8, 4) is 5.75 Å². The van der Waals surface area contributed by atoms with Crippen molar-refractivity contribution in [2.24, 2.45) is 5.92 Å². The number of nitrogens with zero attached hydrogens (tertiary/aromatic N) is 6. The van der Waals surface area contributed by atoms with Crippen molar-refractivity contribution < 1.29 is 14.3 Å². The average molecular weight is 488 g/mol. The molecule has 1 unspecified atom stereocenters. The van der Waals surface area contributed by atoms with Crippen LogP contribution in [0.15, 0.2) is 54.7 Å². The topological polar surface area (TPSA) is 104 Å². The summed E-state index contributed by atoms with van der Waals surface area (Å²) in [5.41, 5.74) is 1.85. The molecule has 2 aliphatic rings. The number of anilines is 4. The van der Waals surface area contributed by atoms with Crippen molar-refractivity contribution in [2.45, 2.75) is 13.3 Å². The number of hydrogen-bond donors (Lipinski definition) is 1. The number of piperazine rings is 1. The van der Waals surface area contributed by atoms with E-state index in [1.54, 1.807) is 18.2 Å². The first-order valence-electron chi connectivity index (χ1n) is 12.0. The van der Waals surface area contributed by atoms with Crippen molar-refractivity contribution >= 4 is 35.0 Å². The molecule has 10 heteroatoms. The van der Waals surface area contributed by atoms with Crippen LogP contribution in [0.4, 0.5) is 23.1 Å². The maximum atomic E-state index is 13.2. The first-order chi connectivity index (χ1) is 17.5. The Balaban J connectivity index is 1.15. The van der Waals surface area contributed by atoms with Gasteiger partial charge in [-0.05, 0) is 42.8 Å². The van der Waals surface area contributed by atoms with Crippen LogP contribution >= 0.6 is 0 Å². The van der Waals surface area contributed by atoms with Crippen LogP contribution in [-0.2, 0) is 9.59 Å². The quantitative estimate of drug-likeness (QED) is 0.566. The normalized spacial score (nSPS) is 17.9. The van der Waals surface area contributed by atoms with Crippen LogP contribution in [-0.4, -0.2) is 71.7 Å².